The van der Waals surface area contributed by atoms with Crippen LogP contribution in [0.25, 0.3) is 0 Å². The standard InChI is InChI=1S/C12H20N4O3/c1-3-12(2,7-13)11(19)14-4-5-16-6-9(10(17)18)15-8-16/h6,8H,3-5,7,13H2,1-2H3,(H,14,19)(H,17,18). The van der Waals surface area contributed by atoms with Crippen molar-refractivity contribution in [3.63, 3.8) is 0 Å². The van der Waals surface area contributed by atoms with E-state index in [1.54, 1.807) is 4.57 Å². The summed E-state index contributed by atoms with van der Waals surface area (Å²) >= 11 is 0. The first-order valence-electron chi connectivity index (χ1n) is 6.16. The molecule has 0 saturated carbocycles. The van der Waals surface area contributed by atoms with Crippen LogP contribution in [0.15, 0.2) is 12.5 Å². The predicted molar refractivity (Wildman–Crippen MR) is 69.6 cm³/mol. The molecule has 0 spiro atoms. The van der Waals surface area contributed by atoms with Crippen molar-refractivity contribution >= 4 is 11.9 Å². The van der Waals surface area contributed by atoms with Gasteiger partial charge in [-0.3, -0.25) is 4.79 Å². The van der Waals surface area contributed by atoms with E-state index in [4.69, 9.17) is 10.8 Å². The van der Waals surface area contributed by atoms with Crippen molar-refractivity contribution in [1.82, 2.24) is 14.9 Å². The lowest BCUT2D eigenvalue weighted by Gasteiger charge is -2.24. The van der Waals surface area contributed by atoms with Gasteiger partial charge in [-0.25, -0.2) is 9.78 Å². The topological polar surface area (TPSA) is 110 Å². The number of hydrogen-bond donors (Lipinski definition) is 3. The number of carbonyl (C=O) groups is 2. The highest BCUT2D eigenvalue weighted by Crippen LogP contribution is 2.18. The molecular formula is C12H20N4O3. The maximum Gasteiger partial charge on any atom is 0.356 e. The van der Waals surface area contributed by atoms with Gasteiger partial charge in [0.15, 0.2) is 5.69 Å². The fourth-order valence-electron chi connectivity index (χ4n) is 1.50. The molecule has 1 aromatic heterocycles. The van der Waals surface area contributed by atoms with E-state index >= 15 is 0 Å². The van der Waals surface area contributed by atoms with Crippen molar-refractivity contribution in [2.24, 2.45) is 11.1 Å². The van der Waals surface area contributed by atoms with Gasteiger partial charge in [0.1, 0.15) is 0 Å². The lowest BCUT2D eigenvalue weighted by atomic mass is 9.87. The largest absolute Gasteiger partial charge is 0.476 e. The normalized spacial score (nSPS) is 13.8. The highest BCUT2D eigenvalue weighted by molar-refractivity contribution is 5.85. The average molecular weight is 268 g/mol. The molecule has 0 aromatic carbocycles. The quantitative estimate of drug-likeness (QED) is 0.648. The highest BCUT2D eigenvalue weighted by Gasteiger charge is 2.29. The highest BCUT2D eigenvalue weighted by atomic mass is 16.4. The van der Waals surface area contributed by atoms with Crippen LogP contribution in [-0.2, 0) is 11.3 Å². The number of nitrogens with zero attached hydrogens (tertiary/aromatic N) is 2. The number of aromatic nitrogens is 2. The first kappa shape index (κ1) is 15.2. The molecule has 1 atom stereocenters. The second-order valence-corrected chi connectivity index (χ2v) is 4.68. The monoisotopic (exact) mass is 268 g/mol. The van der Waals surface area contributed by atoms with Gasteiger partial charge in [-0.1, -0.05) is 6.92 Å². The Labute approximate surface area is 111 Å². The molecule has 0 aliphatic heterocycles. The third-order valence-corrected chi connectivity index (χ3v) is 3.29. The van der Waals surface area contributed by atoms with Crippen molar-refractivity contribution in [2.45, 2.75) is 26.8 Å². The number of nitrogens with one attached hydrogen (secondary N) is 1. The van der Waals surface area contributed by atoms with Gasteiger partial charge in [0.2, 0.25) is 5.91 Å². The molecule has 1 rings (SSSR count). The van der Waals surface area contributed by atoms with Gasteiger partial charge >= 0.3 is 5.97 Å². The van der Waals surface area contributed by atoms with E-state index in [2.05, 4.69) is 10.3 Å². The van der Waals surface area contributed by atoms with Crippen molar-refractivity contribution in [3.05, 3.63) is 18.2 Å². The molecule has 1 unspecified atom stereocenters. The average Bonchev–Trinajstić information content (AvgIpc) is 2.86. The number of nitrogens with two attached hydrogens (primary N) is 1. The van der Waals surface area contributed by atoms with Crippen LogP contribution in [0, 0.1) is 5.41 Å². The number of hydrogen-bond acceptors (Lipinski definition) is 4. The Kier molecular flexibility index (Phi) is 5.05. The molecule has 4 N–H and O–H groups in total. The van der Waals surface area contributed by atoms with E-state index < -0.39 is 11.4 Å². The van der Waals surface area contributed by atoms with Crippen LogP contribution in [0.4, 0.5) is 0 Å². The molecule has 0 radical (unpaired) electrons. The number of aromatic carboxylic acids is 1. The third kappa shape index (κ3) is 3.78. The Bertz CT molecular complexity index is 452. The second-order valence-electron chi connectivity index (χ2n) is 4.68. The summed E-state index contributed by atoms with van der Waals surface area (Å²) in [7, 11) is 0. The van der Waals surface area contributed by atoms with Crippen LogP contribution in [-0.4, -0.2) is 39.6 Å². The Balaban J connectivity index is 2.45. The van der Waals surface area contributed by atoms with Crippen LogP contribution in [0.5, 0.6) is 0 Å². The fourth-order valence-corrected chi connectivity index (χ4v) is 1.50. The molecule has 0 bridgehead atoms. The first-order valence-corrected chi connectivity index (χ1v) is 6.16. The molecule has 7 nitrogen and oxygen atoms in total. The van der Waals surface area contributed by atoms with Gasteiger partial charge in [0.05, 0.1) is 11.7 Å². The number of imidazole rings is 1. The van der Waals surface area contributed by atoms with Crippen molar-refractivity contribution < 1.29 is 14.7 Å². The zero-order valence-corrected chi connectivity index (χ0v) is 11.2. The molecule has 106 valence electrons. The SMILES string of the molecule is CCC(C)(CN)C(=O)NCCn1cnc(C(=O)O)c1. The molecule has 0 aliphatic rings. The van der Waals surface area contributed by atoms with E-state index in [0.717, 1.165) is 0 Å². The number of carboxylic acids is 1. The molecular weight excluding hydrogens is 248 g/mol. The van der Waals surface area contributed by atoms with Crippen molar-refractivity contribution in [3.8, 4) is 0 Å². The zero-order chi connectivity index (χ0) is 14.5. The lowest BCUT2D eigenvalue weighted by molar-refractivity contribution is -0.129. The number of rotatable bonds is 7. The maximum absolute atomic E-state index is 11.9. The summed E-state index contributed by atoms with van der Waals surface area (Å²) in [6, 6.07) is 0. The molecule has 0 aliphatic carbocycles. The fraction of sp³-hybridized carbons (Fsp3) is 0.583. The zero-order valence-electron chi connectivity index (χ0n) is 11.2. The summed E-state index contributed by atoms with van der Waals surface area (Å²) in [5.41, 5.74) is 5.03. The minimum Gasteiger partial charge on any atom is -0.476 e. The minimum absolute atomic E-state index is 0.00770. The predicted octanol–water partition coefficient (Wildman–Crippen LogP) is 0.0725. The summed E-state index contributed by atoms with van der Waals surface area (Å²) in [5, 5.41) is 11.5. The van der Waals surface area contributed by atoms with Gasteiger partial charge in [-0.05, 0) is 13.3 Å². The van der Waals surface area contributed by atoms with Gasteiger partial charge < -0.3 is 20.7 Å². The molecule has 7 heteroatoms. The first-order chi connectivity index (χ1) is 8.92. The van der Waals surface area contributed by atoms with Gasteiger partial charge in [-0.2, -0.15) is 0 Å². The molecule has 0 fully saturated rings. The van der Waals surface area contributed by atoms with Crippen LogP contribution in [0.1, 0.15) is 30.8 Å². The Morgan fingerprint density at radius 3 is 2.74 bits per heavy atom. The van der Waals surface area contributed by atoms with Gasteiger partial charge in [-0.15, -0.1) is 0 Å². The summed E-state index contributed by atoms with van der Waals surface area (Å²) < 4.78 is 1.62. The Morgan fingerprint density at radius 2 is 2.26 bits per heavy atom. The van der Waals surface area contributed by atoms with Crippen LogP contribution >= 0.6 is 0 Å². The van der Waals surface area contributed by atoms with Crippen molar-refractivity contribution in [1.29, 1.82) is 0 Å². The Hall–Kier alpha value is -1.89. The number of carboxylic acid groups (broad SMARTS) is 1. The van der Waals surface area contributed by atoms with E-state index in [-0.39, 0.29) is 11.6 Å². The number of carbonyl (C=O) groups excluding carboxylic acids is 1. The lowest BCUT2D eigenvalue weighted by Crippen LogP contribution is -2.44. The second kappa shape index (κ2) is 6.33. The van der Waals surface area contributed by atoms with Gasteiger partial charge in [0, 0.05) is 25.8 Å². The summed E-state index contributed by atoms with van der Waals surface area (Å²) in [6.45, 7) is 4.91. The Morgan fingerprint density at radius 1 is 1.58 bits per heavy atom. The minimum atomic E-state index is -1.07. The van der Waals surface area contributed by atoms with Crippen LogP contribution < -0.4 is 11.1 Å². The smallest absolute Gasteiger partial charge is 0.356 e. The van der Waals surface area contributed by atoms with E-state index in [1.807, 2.05) is 13.8 Å². The molecule has 1 amide bonds. The molecule has 0 saturated heterocycles. The summed E-state index contributed by atoms with van der Waals surface area (Å²) in [6.07, 6.45) is 3.53. The molecule has 1 heterocycles. The molecule has 1 aromatic rings. The summed E-state index contributed by atoms with van der Waals surface area (Å²) in [5.74, 6) is -1.15. The maximum atomic E-state index is 11.9. The summed E-state index contributed by atoms with van der Waals surface area (Å²) in [4.78, 5) is 26.3. The van der Waals surface area contributed by atoms with E-state index in [9.17, 15) is 9.59 Å². The van der Waals surface area contributed by atoms with E-state index in [1.165, 1.54) is 12.5 Å². The van der Waals surface area contributed by atoms with Crippen LogP contribution in [0.3, 0.4) is 0 Å². The molecule has 19 heavy (non-hydrogen) atoms. The van der Waals surface area contributed by atoms with E-state index in [0.29, 0.717) is 26.1 Å². The number of amides is 1. The van der Waals surface area contributed by atoms with Crippen molar-refractivity contribution in [2.75, 3.05) is 13.1 Å². The van der Waals surface area contributed by atoms with Crippen LogP contribution in [0.2, 0.25) is 0 Å². The third-order valence-electron chi connectivity index (χ3n) is 3.29. The van der Waals surface area contributed by atoms with Gasteiger partial charge in [0.25, 0.3) is 0 Å².